The summed E-state index contributed by atoms with van der Waals surface area (Å²) in [5, 5.41) is 2.88. The normalized spacial score (nSPS) is 19.6. The van der Waals surface area contributed by atoms with E-state index >= 15 is 0 Å². The summed E-state index contributed by atoms with van der Waals surface area (Å²) in [5.74, 6) is -0.0930. The van der Waals surface area contributed by atoms with Gasteiger partial charge < -0.3 is 19.7 Å². The van der Waals surface area contributed by atoms with Crippen LogP contribution in [0, 0.1) is 5.92 Å². The Morgan fingerprint density at radius 2 is 1.89 bits per heavy atom. The van der Waals surface area contributed by atoms with Crippen LogP contribution >= 0.6 is 0 Å². The highest BCUT2D eigenvalue weighted by atomic mass is 19.3. The number of ether oxygens (including phenoxy) is 2. The molecule has 6 nitrogen and oxygen atoms in total. The zero-order chi connectivity index (χ0) is 19.6. The maximum atomic E-state index is 12.1. The zero-order valence-corrected chi connectivity index (χ0v) is 15.5. The third-order valence-corrected chi connectivity index (χ3v) is 4.61. The molecular formula is C19H27F2N2O4+. The Bertz CT molecular complexity index is 602. The summed E-state index contributed by atoms with van der Waals surface area (Å²) < 4.78 is 33.6. The molecule has 1 aliphatic heterocycles. The van der Waals surface area contributed by atoms with Crippen molar-refractivity contribution in [2.75, 3.05) is 32.8 Å². The molecule has 1 aromatic carbocycles. The van der Waals surface area contributed by atoms with Gasteiger partial charge in [0.25, 0.3) is 5.91 Å². The van der Waals surface area contributed by atoms with Gasteiger partial charge >= 0.3 is 12.6 Å². The quantitative estimate of drug-likeness (QED) is 0.617. The molecular weight excluding hydrogens is 358 g/mol. The monoisotopic (exact) mass is 385 g/mol. The Hall–Kier alpha value is -2.22. The highest BCUT2D eigenvalue weighted by molar-refractivity contribution is 5.76. The summed E-state index contributed by atoms with van der Waals surface area (Å²) in [5.41, 5.74) is 0.930. The number of likely N-dealkylation sites (tertiary alicyclic amines) is 1. The van der Waals surface area contributed by atoms with Gasteiger partial charge in [-0.15, -0.1) is 0 Å². The number of hydrogen-bond acceptors (Lipinski definition) is 4. The smallest absolute Gasteiger partial charge is 0.387 e. The minimum absolute atomic E-state index is 0.0303. The van der Waals surface area contributed by atoms with E-state index in [1.165, 1.54) is 17.0 Å². The first-order valence-corrected chi connectivity index (χ1v) is 9.28. The SMILES string of the molecule is CCOC(=O)C1CC[NH+](CC(=O)NCCc2ccc(OC(F)F)cc2)CC1. The highest BCUT2D eigenvalue weighted by Gasteiger charge is 2.29. The molecule has 0 spiro atoms. The first kappa shape index (κ1) is 21.1. The number of benzene rings is 1. The van der Waals surface area contributed by atoms with E-state index in [1.807, 2.05) is 0 Å². The van der Waals surface area contributed by atoms with Crippen LogP contribution in [0.25, 0.3) is 0 Å². The fourth-order valence-electron chi connectivity index (χ4n) is 3.17. The van der Waals surface area contributed by atoms with Crippen molar-refractivity contribution in [1.29, 1.82) is 0 Å². The zero-order valence-electron chi connectivity index (χ0n) is 15.5. The van der Waals surface area contributed by atoms with Gasteiger partial charge in [0.05, 0.1) is 25.6 Å². The molecule has 0 unspecified atom stereocenters. The summed E-state index contributed by atoms with van der Waals surface area (Å²) in [4.78, 5) is 25.0. The topological polar surface area (TPSA) is 69.1 Å². The molecule has 0 aromatic heterocycles. The molecule has 1 fully saturated rings. The molecule has 1 saturated heterocycles. The van der Waals surface area contributed by atoms with E-state index in [0.29, 0.717) is 26.1 Å². The molecule has 150 valence electrons. The van der Waals surface area contributed by atoms with Crippen LogP contribution in [0.15, 0.2) is 24.3 Å². The van der Waals surface area contributed by atoms with Crippen LogP contribution in [0.3, 0.4) is 0 Å². The maximum Gasteiger partial charge on any atom is 0.387 e. The van der Waals surface area contributed by atoms with Crippen molar-refractivity contribution < 1.29 is 32.7 Å². The largest absolute Gasteiger partial charge is 0.466 e. The van der Waals surface area contributed by atoms with Crippen LogP contribution in [0.5, 0.6) is 5.75 Å². The molecule has 1 aromatic rings. The van der Waals surface area contributed by atoms with Crippen molar-refractivity contribution in [3.8, 4) is 5.75 Å². The summed E-state index contributed by atoms with van der Waals surface area (Å²) in [6, 6.07) is 6.38. The molecule has 1 aliphatic rings. The van der Waals surface area contributed by atoms with Gasteiger partial charge in [0, 0.05) is 19.4 Å². The minimum Gasteiger partial charge on any atom is -0.466 e. The van der Waals surface area contributed by atoms with Gasteiger partial charge in [0.1, 0.15) is 5.75 Å². The van der Waals surface area contributed by atoms with E-state index in [0.717, 1.165) is 31.5 Å². The lowest BCUT2D eigenvalue weighted by Crippen LogP contribution is -3.14. The molecule has 27 heavy (non-hydrogen) atoms. The molecule has 2 rings (SSSR count). The standard InChI is InChI=1S/C19H26F2N2O4/c1-2-26-18(25)15-8-11-23(12-9-15)13-17(24)22-10-7-14-3-5-16(6-4-14)27-19(20)21/h3-6,15,19H,2,7-13H2,1H3,(H,22,24)/p+1. The van der Waals surface area contributed by atoms with E-state index in [-0.39, 0.29) is 23.5 Å². The van der Waals surface area contributed by atoms with E-state index in [4.69, 9.17) is 4.74 Å². The van der Waals surface area contributed by atoms with Crippen LogP contribution in [-0.4, -0.2) is 51.3 Å². The summed E-state index contributed by atoms with van der Waals surface area (Å²) in [7, 11) is 0. The number of amides is 1. The van der Waals surface area contributed by atoms with Gasteiger partial charge in [-0.3, -0.25) is 9.59 Å². The Balaban J connectivity index is 1.63. The molecule has 1 amide bonds. The van der Waals surface area contributed by atoms with E-state index in [1.54, 1.807) is 19.1 Å². The van der Waals surface area contributed by atoms with Gasteiger partial charge in [-0.25, -0.2) is 0 Å². The predicted octanol–water partition coefficient (Wildman–Crippen LogP) is 0.805. The third kappa shape index (κ3) is 7.50. The van der Waals surface area contributed by atoms with Crippen LogP contribution in [-0.2, 0) is 20.7 Å². The Morgan fingerprint density at radius 3 is 2.48 bits per heavy atom. The van der Waals surface area contributed by atoms with Gasteiger partial charge in [-0.1, -0.05) is 12.1 Å². The first-order chi connectivity index (χ1) is 13.0. The Labute approximate surface area is 157 Å². The Morgan fingerprint density at radius 1 is 1.22 bits per heavy atom. The van der Waals surface area contributed by atoms with Gasteiger partial charge in [0.15, 0.2) is 6.54 Å². The second kappa shape index (κ2) is 10.8. The van der Waals surface area contributed by atoms with Crippen LogP contribution < -0.4 is 15.0 Å². The third-order valence-electron chi connectivity index (χ3n) is 4.61. The average molecular weight is 385 g/mol. The van der Waals surface area contributed by atoms with E-state index in [9.17, 15) is 18.4 Å². The average Bonchev–Trinajstić information content (AvgIpc) is 2.63. The maximum absolute atomic E-state index is 12.1. The molecule has 1 heterocycles. The van der Waals surface area contributed by atoms with Crippen LogP contribution in [0.2, 0.25) is 0 Å². The lowest BCUT2D eigenvalue weighted by atomic mass is 9.97. The molecule has 2 N–H and O–H groups in total. The van der Waals surface area contributed by atoms with Crippen molar-refractivity contribution in [3.05, 3.63) is 29.8 Å². The second-order valence-electron chi connectivity index (χ2n) is 6.58. The molecule has 0 aliphatic carbocycles. The van der Waals surface area contributed by atoms with Crippen LogP contribution in [0.4, 0.5) is 8.78 Å². The number of hydrogen-bond donors (Lipinski definition) is 2. The van der Waals surface area contributed by atoms with Crippen molar-refractivity contribution in [3.63, 3.8) is 0 Å². The minimum atomic E-state index is -2.83. The molecule has 0 bridgehead atoms. The van der Waals surface area contributed by atoms with Crippen molar-refractivity contribution in [1.82, 2.24) is 5.32 Å². The molecule has 0 saturated carbocycles. The summed E-state index contributed by atoms with van der Waals surface area (Å²) >= 11 is 0. The number of nitrogens with one attached hydrogen (secondary N) is 2. The van der Waals surface area contributed by atoms with Crippen molar-refractivity contribution in [2.24, 2.45) is 5.92 Å². The number of halogens is 2. The van der Waals surface area contributed by atoms with Crippen LogP contribution in [0.1, 0.15) is 25.3 Å². The van der Waals surface area contributed by atoms with Crippen molar-refractivity contribution >= 4 is 11.9 Å². The number of carbonyl (C=O) groups is 2. The number of piperidine rings is 1. The Kier molecular flexibility index (Phi) is 8.44. The molecule has 8 heteroatoms. The number of carbonyl (C=O) groups excluding carboxylic acids is 2. The fourth-order valence-corrected chi connectivity index (χ4v) is 3.17. The second-order valence-corrected chi connectivity index (χ2v) is 6.58. The van der Waals surface area contributed by atoms with E-state index in [2.05, 4.69) is 10.1 Å². The number of rotatable bonds is 9. The van der Waals surface area contributed by atoms with Gasteiger partial charge in [-0.2, -0.15) is 8.78 Å². The number of esters is 1. The number of quaternary nitrogens is 1. The highest BCUT2D eigenvalue weighted by Crippen LogP contribution is 2.15. The molecule has 0 radical (unpaired) electrons. The van der Waals surface area contributed by atoms with Gasteiger partial charge in [-0.05, 0) is 31.0 Å². The predicted molar refractivity (Wildman–Crippen MR) is 94.7 cm³/mol. The number of alkyl halides is 2. The van der Waals surface area contributed by atoms with Gasteiger partial charge in [0.2, 0.25) is 0 Å². The summed E-state index contributed by atoms with van der Waals surface area (Å²) in [6.07, 6.45) is 2.10. The molecule has 0 atom stereocenters. The lowest BCUT2D eigenvalue weighted by Gasteiger charge is -2.27. The fraction of sp³-hybridized carbons (Fsp3) is 0.579. The summed E-state index contributed by atoms with van der Waals surface area (Å²) in [6.45, 7) is 1.79. The van der Waals surface area contributed by atoms with E-state index < -0.39 is 6.61 Å². The lowest BCUT2D eigenvalue weighted by molar-refractivity contribution is -0.897. The first-order valence-electron chi connectivity index (χ1n) is 9.28. The van der Waals surface area contributed by atoms with Crippen molar-refractivity contribution in [2.45, 2.75) is 32.8 Å².